The lowest BCUT2D eigenvalue weighted by Crippen LogP contribution is -2.48. The first-order valence-electron chi connectivity index (χ1n) is 10.7. The molecule has 0 aliphatic carbocycles. The molecule has 0 atom stereocenters. The van der Waals surface area contributed by atoms with Crippen LogP contribution in [0.5, 0.6) is 0 Å². The van der Waals surface area contributed by atoms with E-state index in [-0.39, 0.29) is 18.4 Å². The Kier molecular flexibility index (Phi) is 8.27. The zero-order chi connectivity index (χ0) is 21.2. The molecule has 0 unspecified atom stereocenters. The van der Waals surface area contributed by atoms with E-state index in [9.17, 15) is 9.59 Å². The molecule has 1 aliphatic rings. The summed E-state index contributed by atoms with van der Waals surface area (Å²) in [5, 5.41) is 2.86. The van der Waals surface area contributed by atoms with Crippen LogP contribution >= 0.6 is 0 Å². The highest BCUT2D eigenvalue weighted by Crippen LogP contribution is 2.20. The lowest BCUT2D eigenvalue weighted by Gasteiger charge is -2.36. The van der Waals surface area contributed by atoms with Crippen LogP contribution in [0.15, 0.2) is 54.6 Å². The number of nitrogens with one attached hydrogen (secondary N) is 1. The van der Waals surface area contributed by atoms with Crippen LogP contribution in [0.4, 0.5) is 11.4 Å². The normalized spacial score (nSPS) is 13.9. The van der Waals surface area contributed by atoms with Gasteiger partial charge in [-0.25, -0.2) is 0 Å². The van der Waals surface area contributed by atoms with Gasteiger partial charge in [0, 0.05) is 44.0 Å². The second kappa shape index (κ2) is 11.4. The molecule has 160 valence electrons. The molecular weight excluding hydrogens is 378 g/mol. The number of ether oxygens (including phenoxy) is 1. The van der Waals surface area contributed by atoms with E-state index in [1.165, 1.54) is 0 Å². The maximum absolute atomic E-state index is 12.2. The molecule has 2 aromatic carbocycles. The highest BCUT2D eigenvalue weighted by atomic mass is 16.5. The van der Waals surface area contributed by atoms with Gasteiger partial charge in [-0.05, 0) is 36.2 Å². The van der Waals surface area contributed by atoms with Crippen molar-refractivity contribution in [3.63, 3.8) is 0 Å². The summed E-state index contributed by atoms with van der Waals surface area (Å²) in [6.45, 7) is 5.73. The Hall–Kier alpha value is -2.86. The molecule has 2 amide bonds. The number of hydrogen-bond donors (Lipinski definition) is 1. The topological polar surface area (TPSA) is 61.9 Å². The molecule has 2 aromatic rings. The van der Waals surface area contributed by atoms with Gasteiger partial charge in [0.2, 0.25) is 11.8 Å². The summed E-state index contributed by atoms with van der Waals surface area (Å²) in [6.07, 6.45) is 2.66. The number of carbonyl (C=O) groups is 2. The summed E-state index contributed by atoms with van der Waals surface area (Å²) < 4.78 is 5.47. The lowest BCUT2D eigenvalue weighted by atomic mass is 10.2. The smallest absolute Gasteiger partial charge is 0.250 e. The van der Waals surface area contributed by atoms with Crippen molar-refractivity contribution in [2.45, 2.75) is 32.8 Å². The van der Waals surface area contributed by atoms with E-state index in [0.29, 0.717) is 13.0 Å². The number of piperazine rings is 1. The van der Waals surface area contributed by atoms with Gasteiger partial charge in [0.25, 0.3) is 0 Å². The van der Waals surface area contributed by atoms with Gasteiger partial charge in [-0.3, -0.25) is 9.59 Å². The summed E-state index contributed by atoms with van der Waals surface area (Å²) in [5.41, 5.74) is 2.90. The first-order valence-corrected chi connectivity index (χ1v) is 10.7. The Balaban J connectivity index is 1.40. The van der Waals surface area contributed by atoms with Crippen LogP contribution in [-0.2, 0) is 20.9 Å². The van der Waals surface area contributed by atoms with Gasteiger partial charge in [0.1, 0.15) is 6.61 Å². The summed E-state index contributed by atoms with van der Waals surface area (Å²) in [5.74, 6) is 0.0990. The van der Waals surface area contributed by atoms with Crippen LogP contribution in [0.3, 0.4) is 0 Å². The quantitative estimate of drug-likeness (QED) is 0.686. The van der Waals surface area contributed by atoms with E-state index in [1.54, 1.807) is 0 Å². The molecule has 0 bridgehead atoms. The second-order valence-electron chi connectivity index (χ2n) is 7.54. The molecule has 0 saturated carbocycles. The fourth-order valence-corrected chi connectivity index (χ4v) is 3.49. The molecule has 1 saturated heterocycles. The Morgan fingerprint density at radius 1 is 0.967 bits per heavy atom. The third-order valence-corrected chi connectivity index (χ3v) is 5.24. The number of hydrogen-bond acceptors (Lipinski definition) is 4. The maximum Gasteiger partial charge on any atom is 0.250 e. The Bertz CT molecular complexity index is 800. The van der Waals surface area contributed by atoms with Crippen molar-refractivity contribution in [3.8, 4) is 0 Å². The molecule has 0 aromatic heterocycles. The third kappa shape index (κ3) is 6.59. The van der Waals surface area contributed by atoms with Crippen molar-refractivity contribution in [2.24, 2.45) is 0 Å². The number of unbranched alkanes of at least 4 members (excludes halogenated alkanes) is 1. The number of nitrogens with zero attached hydrogens (tertiary/aromatic N) is 2. The van der Waals surface area contributed by atoms with E-state index in [1.807, 2.05) is 59.5 Å². The fourth-order valence-electron chi connectivity index (χ4n) is 3.49. The summed E-state index contributed by atoms with van der Waals surface area (Å²) in [6, 6.07) is 17.6. The number of rotatable bonds is 9. The summed E-state index contributed by atoms with van der Waals surface area (Å²) >= 11 is 0. The minimum absolute atomic E-state index is 0.0185. The van der Waals surface area contributed by atoms with Crippen molar-refractivity contribution in [3.05, 3.63) is 60.2 Å². The monoisotopic (exact) mass is 409 g/mol. The van der Waals surface area contributed by atoms with Crippen molar-refractivity contribution in [2.75, 3.05) is 43.0 Å². The molecule has 3 rings (SSSR count). The van der Waals surface area contributed by atoms with Crippen LogP contribution < -0.4 is 10.2 Å². The van der Waals surface area contributed by atoms with Gasteiger partial charge in [-0.2, -0.15) is 0 Å². The molecule has 1 aliphatic heterocycles. The van der Waals surface area contributed by atoms with Crippen LogP contribution in [-0.4, -0.2) is 49.5 Å². The van der Waals surface area contributed by atoms with Crippen LogP contribution in [0.2, 0.25) is 0 Å². The first kappa shape index (κ1) is 21.8. The van der Waals surface area contributed by atoms with Crippen LogP contribution in [0, 0.1) is 0 Å². The van der Waals surface area contributed by atoms with E-state index in [2.05, 4.69) is 17.1 Å². The van der Waals surface area contributed by atoms with Crippen LogP contribution in [0.1, 0.15) is 31.7 Å². The number of anilines is 2. The predicted octanol–water partition coefficient (Wildman–Crippen LogP) is 3.68. The van der Waals surface area contributed by atoms with Gasteiger partial charge in [-0.15, -0.1) is 0 Å². The fraction of sp³-hybridized carbons (Fsp3) is 0.417. The van der Waals surface area contributed by atoms with Crippen molar-refractivity contribution in [1.29, 1.82) is 0 Å². The largest absolute Gasteiger partial charge is 0.368 e. The number of amides is 2. The number of carbonyl (C=O) groups excluding carboxylic acids is 2. The summed E-state index contributed by atoms with van der Waals surface area (Å²) in [7, 11) is 0. The zero-order valence-corrected chi connectivity index (χ0v) is 17.7. The number of benzene rings is 2. The second-order valence-corrected chi connectivity index (χ2v) is 7.54. The first-order chi connectivity index (χ1) is 14.7. The van der Waals surface area contributed by atoms with Gasteiger partial charge < -0.3 is 19.9 Å². The Morgan fingerprint density at radius 2 is 1.67 bits per heavy atom. The van der Waals surface area contributed by atoms with Crippen LogP contribution in [0.25, 0.3) is 0 Å². The standard InChI is InChI=1S/C24H31N3O3/c1-2-3-9-24(29)27-16-14-26(15-17-27)22-12-10-21(11-13-22)25-23(28)19-30-18-20-7-5-4-6-8-20/h4-8,10-13H,2-3,9,14-19H2,1H3,(H,25,28). The van der Waals surface area contributed by atoms with E-state index < -0.39 is 0 Å². The van der Waals surface area contributed by atoms with E-state index >= 15 is 0 Å². The molecule has 6 heteroatoms. The van der Waals surface area contributed by atoms with Crippen molar-refractivity contribution in [1.82, 2.24) is 4.90 Å². The molecule has 1 N–H and O–H groups in total. The van der Waals surface area contributed by atoms with E-state index in [4.69, 9.17) is 4.74 Å². The minimum Gasteiger partial charge on any atom is -0.368 e. The Labute approximate surface area is 178 Å². The average molecular weight is 410 g/mol. The Morgan fingerprint density at radius 3 is 2.33 bits per heavy atom. The van der Waals surface area contributed by atoms with Gasteiger partial charge in [-0.1, -0.05) is 43.7 Å². The minimum atomic E-state index is -0.169. The highest BCUT2D eigenvalue weighted by molar-refractivity contribution is 5.91. The molecule has 1 heterocycles. The van der Waals surface area contributed by atoms with Gasteiger partial charge in [0.05, 0.1) is 6.61 Å². The van der Waals surface area contributed by atoms with Gasteiger partial charge >= 0.3 is 0 Å². The predicted molar refractivity (Wildman–Crippen MR) is 119 cm³/mol. The average Bonchev–Trinajstić information content (AvgIpc) is 2.79. The molecule has 0 spiro atoms. The van der Waals surface area contributed by atoms with Crippen molar-refractivity contribution < 1.29 is 14.3 Å². The SMILES string of the molecule is CCCCC(=O)N1CCN(c2ccc(NC(=O)COCc3ccccc3)cc2)CC1. The molecule has 0 radical (unpaired) electrons. The van der Waals surface area contributed by atoms with Crippen molar-refractivity contribution >= 4 is 23.2 Å². The third-order valence-electron chi connectivity index (χ3n) is 5.24. The molecule has 1 fully saturated rings. The maximum atomic E-state index is 12.2. The lowest BCUT2D eigenvalue weighted by molar-refractivity contribution is -0.131. The molecule has 6 nitrogen and oxygen atoms in total. The highest BCUT2D eigenvalue weighted by Gasteiger charge is 2.20. The molecular formula is C24H31N3O3. The molecule has 30 heavy (non-hydrogen) atoms. The summed E-state index contributed by atoms with van der Waals surface area (Å²) in [4.78, 5) is 28.5. The van der Waals surface area contributed by atoms with Gasteiger partial charge in [0.15, 0.2) is 0 Å². The zero-order valence-electron chi connectivity index (χ0n) is 17.7. The van der Waals surface area contributed by atoms with E-state index in [0.717, 1.165) is 56.0 Å².